The van der Waals surface area contributed by atoms with Gasteiger partial charge >= 0.3 is 0 Å². The normalized spacial score (nSPS) is 11.6. The molecular formula is C126H89N5O6P4S. The van der Waals surface area contributed by atoms with Crippen LogP contribution in [0.3, 0.4) is 0 Å². The minimum atomic E-state index is -3.58. The Bertz CT molecular complexity index is 8750. The lowest BCUT2D eigenvalue weighted by Gasteiger charge is -2.23. The first-order chi connectivity index (χ1) is 69.9. The number of thiophene rings is 1. The molecule has 142 heavy (non-hydrogen) atoms. The summed E-state index contributed by atoms with van der Waals surface area (Å²) in [5, 5.41) is 35.2. The van der Waals surface area contributed by atoms with E-state index in [2.05, 4.69) is 161 Å². The Kier molecular flexibility index (Phi) is 25.5. The molecule has 25 rings (SSSR count). The first kappa shape index (κ1) is 90.5. The van der Waals surface area contributed by atoms with E-state index in [9.17, 15) is 9.13 Å². The minimum Gasteiger partial charge on any atom is -0.455 e. The van der Waals surface area contributed by atoms with E-state index in [4.69, 9.17) is 13.9 Å². The highest BCUT2D eigenvalue weighted by molar-refractivity contribution is 7.86. The van der Waals surface area contributed by atoms with Gasteiger partial charge in [-0.05, 0) is 116 Å². The van der Waals surface area contributed by atoms with Crippen LogP contribution in [0, 0.1) is 0 Å². The molecule has 0 amide bonds. The molecule has 0 aliphatic heterocycles. The first-order valence-corrected chi connectivity index (χ1v) is 54.5. The van der Waals surface area contributed by atoms with Crippen LogP contribution in [0.5, 0.6) is 0 Å². The van der Waals surface area contributed by atoms with E-state index in [1.165, 1.54) is 20.2 Å². The predicted molar refractivity (Wildman–Crippen MR) is 594 cm³/mol. The maximum Gasteiger partial charge on any atom is 0.248 e. The van der Waals surface area contributed by atoms with Crippen LogP contribution in [0.4, 0.5) is 0 Å². The Morgan fingerprint density at radius 3 is 1.06 bits per heavy atom. The van der Waals surface area contributed by atoms with Crippen LogP contribution in [0.25, 0.3) is 137 Å². The highest BCUT2D eigenvalue weighted by Gasteiger charge is 2.41. The number of fused-ring (bicyclic) bond motifs is 8. The van der Waals surface area contributed by atoms with Gasteiger partial charge in [-0.15, -0.1) is 31.7 Å². The van der Waals surface area contributed by atoms with Gasteiger partial charge in [0.1, 0.15) is 11.2 Å². The average molecular weight is 1930 g/mol. The summed E-state index contributed by atoms with van der Waals surface area (Å²) >= 11 is 1.78. The van der Waals surface area contributed by atoms with Gasteiger partial charge < -0.3 is 27.1 Å². The summed E-state index contributed by atoms with van der Waals surface area (Å²) in [5.74, 6) is 1.50. The van der Waals surface area contributed by atoms with Crippen LogP contribution in [-0.4, -0.2) is 25.0 Å². The summed E-state index contributed by atoms with van der Waals surface area (Å²) in [6.07, 6.45) is 0. The van der Waals surface area contributed by atoms with Gasteiger partial charge in [0.15, 0.2) is 27.3 Å². The van der Waals surface area contributed by atoms with Gasteiger partial charge in [0, 0.05) is 117 Å². The van der Waals surface area contributed by atoms with E-state index in [1.54, 1.807) is 11.3 Å². The molecule has 0 fully saturated rings. The van der Waals surface area contributed by atoms with Crippen LogP contribution in [0.15, 0.2) is 549 Å². The van der Waals surface area contributed by atoms with E-state index in [1.807, 2.05) is 399 Å². The van der Waals surface area contributed by atoms with E-state index in [0.717, 1.165) is 158 Å². The summed E-state index contributed by atoms with van der Waals surface area (Å²) in [4.78, 5) is 0. The minimum absolute atomic E-state index is 0.397. The van der Waals surface area contributed by atoms with E-state index in [0.29, 0.717) is 23.2 Å². The molecule has 16 heteroatoms. The molecule has 0 aliphatic rings. The quantitative estimate of drug-likeness (QED) is 0.0716. The van der Waals surface area contributed by atoms with Gasteiger partial charge in [0.2, 0.25) is 24.5 Å². The molecule has 0 N–H and O–H groups in total. The second-order valence-electron chi connectivity index (χ2n) is 34.4. The Morgan fingerprint density at radius 2 is 0.549 bits per heavy atom. The van der Waals surface area contributed by atoms with Crippen molar-refractivity contribution in [3.63, 3.8) is 0 Å². The summed E-state index contributed by atoms with van der Waals surface area (Å²) in [6.45, 7) is 0. The van der Waals surface area contributed by atoms with Crippen LogP contribution in [-0.2, 0) is 18.3 Å². The van der Waals surface area contributed by atoms with E-state index in [-0.39, 0.29) is 0 Å². The zero-order valence-electron chi connectivity index (χ0n) is 76.8. The average Bonchev–Trinajstić information content (AvgIpc) is 1.44. The van der Waals surface area contributed by atoms with Gasteiger partial charge in [0.25, 0.3) is 0 Å². The SMILES string of the molecule is O=P(c1ccc(-c2ccccc2)cc1)(c1ccc(-c2ccccc2)cc1)c1ccc(-c2cccc3c2oc2ccccc23)cc1.O=P(c1cccc2ccccc12)(c1cccc2ccccc12)c1nnc(-c2ccccc2)n1-c1ccccc1.O=P(c1ccccc1)(c1ccccc1)c1ccc2sc3ccccc3c2c1.O=P(c1ccccc1)(c1ccccc1)c1cccc(-c2nnc(-c3ccccc3)o2)c1. The second kappa shape index (κ2) is 40.1. The van der Waals surface area contributed by atoms with Gasteiger partial charge in [-0.3, -0.25) is 4.57 Å². The lowest BCUT2D eigenvalue weighted by molar-refractivity contribution is 0.584. The summed E-state index contributed by atoms with van der Waals surface area (Å²) < 4.78 is 77.4. The van der Waals surface area contributed by atoms with Crippen LogP contribution in [0.1, 0.15) is 0 Å². The lowest BCUT2D eigenvalue weighted by atomic mass is 10.0. The number of furan rings is 1. The van der Waals surface area contributed by atoms with Gasteiger partial charge in [-0.1, -0.05) is 473 Å². The fourth-order valence-electron chi connectivity index (χ4n) is 18.9. The maximum absolute atomic E-state index is 16.2. The number of hydrogen-bond donors (Lipinski definition) is 0. The molecule has 4 aromatic heterocycles. The standard InChI is InChI=1S/C42H29O2P.C34H24N3OP.C26H19N2O2P.C24H17OPS/c43-45(35-24-18-32(19-25-35)30-10-3-1-4-11-30,36-26-20-33(21-27-36)31-12-5-2-6-13-31)37-28-22-34(23-29-37)38-15-9-16-40-39-14-7-8-17-41(39)44-42(38)40;38-39(31-23-11-17-25-13-7-9-21-29(25)31,32-24-12-18-26-14-8-10-22-30(26)32)34-36-35-33(27-15-3-1-4-16-27)37(34)28-19-5-2-6-20-28;29-31(22-14-6-2-7-15-22,23-16-8-3-9-17-23)24-18-10-13-21(19-24)26-28-27-25(30-26)20-11-4-1-5-12-20;25-26(18-9-3-1-4-10-18,19-11-5-2-6-12-19)20-15-16-24-22(17-20)21-13-7-8-14-23(21)27-24/h1-29H;1-24H;1-19H;1-17H. The van der Waals surface area contributed by atoms with Gasteiger partial charge in [0.05, 0.1) is 0 Å². The Hall–Kier alpha value is -16.6. The van der Waals surface area contributed by atoms with Crippen molar-refractivity contribution < 1.29 is 27.1 Å². The van der Waals surface area contributed by atoms with Crippen LogP contribution < -0.4 is 63.9 Å². The lowest BCUT2D eigenvalue weighted by Crippen LogP contribution is -2.32. The molecule has 680 valence electrons. The molecule has 0 saturated heterocycles. The van der Waals surface area contributed by atoms with Crippen molar-refractivity contribution >= 4 is 167 Å². The van der Waals surface area contributed by atoms with E-state index >= 15 is 9.13 Å². The third kappa shape index (κ3) is 17.6. The third-order valence-corrected chi connectivity index (χ3v) is 39.2. The Labute approximate surface area is 826 Å². The number of hydrogen-bond acceptors (Lipinski definition) is 11. The highest BCUT2D eigenvalue weighted by Crippen LogP contribution is 2.51. The maximum atomic E-state index is 16.2. The van der Waals surface area contributed by atoms with Crippen molar-refractivity contribution in [2.75, 3.05) is 0 Å². The van der Waals surface area contributed by atoms with Crippen LogP contribution >= 0.6 is 39.9 Å². The Balaban J connectivity index is 0.000000110. The highest BCUT2D eigenvalue weighted by atomic mass is 32.1. The van der Waals surface area contributed by atoms with Crippen molar-refractivity contribution in [2.45, 2.75) is 0 Å². The zero-order chi connectivity index (χ0) is 95.8. The molecule has 0 bridgehead atoms. The second-order valence-corrected chi connectivity index (χ2v) is 46.4. The van der Waals surface area contributed by atoms with Gasteiger partial charge in [-0.25, -0.2) is 0 Å². The molecule has 0 unspecified atom stereocenters. The largest absolute Gasteiger partial charge is 0.455 e. The molecule has 0 aliphatic carbocycles. The van der Waals surface area contributed by atoms with Crippen molar-refractivity contribution in [3.05, 3.63) is 540 Å². The molecule has 4 heterocycles. The monoisotopic (exact) mass is 1920 g/mol. The fraction of sp³-hybridized carbons (Fsp3) is 0. The molecule has 21 aromatic carbocycles. The number of aromatic nitrogens is 5. The summed E-state index contributed by atoms with van der Waals surface area (Å²) in [5.41, 5.74) is 12.0. The number of rotatable bonds is 19. The molecule has 25 aromatic rings. The fourth-order valence-corrected chi connectivity index (χ4v) is 31.0. The van der Waals surface area contributed by atoms with Crippen molar-refractivity contribution in [2.24, 2.45) is 0 Å². The molecule has 0 spiro atoms. The molecule has 11 nitrogen and oxygen atoms in total. The number of nitrogens with zero attached hydrogens (tertiary/aromatic N) is 5. The van der Waals surface area contributed by atoms with Crippen molar-refractivity contribution in [1.29, 1.82) is 0 Å². The van der Waals surface area contributed by atoms with Crippen molar-refractivity contribution in [3.8, 4) is 73.4 Å². The number of benzene rings is 21. The molecule has 0 radical (unpaired) electrons. The zero-order valence-corrected chi connectivity index (χ0v) is 81.2. The first-order valence-electron chi connectivity index (χ1n) is 46.9. The van der Waals surface area contributed by atoms with Crippen LogP contribution in [0.2, 0.25) is 0 Å². The third-order valence-electron chi connectivity index (χ3n) is 25.9. The van der Waals surface area contributed by atoms with Crippen molar-refractivity contribution in [1.82, 2.24) is 25.0 Å². The summed E-state index contributed by atoms with van der Waals surface area (Å²) in [6, 6.07) is 179. The smallest absolute Gasteiger partial charge is 0.248 e. The predicted octanol–water partition coefficient (Wildman–Crippen LogP) is 27.8. The molecule has 0 saturated carbocycles. The molecular weight excluding hydrogens is 1840 g/mol. The molecule has 0 atom stereocenters. The Morgan fingerprint density at radius 1 is 0.211 bits per heavy atom. The summed E-state index contributed by atoms with van der Waals surface area (Å²) in [7, 11) is -12.8. The topological polar surface area (TPSA) is 151 Å². The van der Waals surface area contributed by atoms with E-state index < -0.39 is 28.6 Å². The van der Waals surface area contributed by atoms with Gasteiger partial charge in [-0.2, -0.15) is 0 Å². The number of para-hydroxylation sites is 3.